The van der Waals surface area contributed by atoms with Gasteiger partial charge in [0.25, 0.3) is 0 Å². The molecule has 0 bridgehead atoms. The summed E-state index contributed by atoms with van der Waals surface area (Å²) in [5, 5.41) is 2.54. The van der Waals surface area contributed by atoms with Crippen molar-refractivity contribution in [3.05, 3.63) is 59.7 Å². The molecule has 2 unspecified atom stereocenters. The Bertz CT molecular complexity index is 1000. The van der Waals surface area contributed by atoms with Gasteiger partial charge < -0.3 is 29.0 Å². The predicted octanol–water partition coefficient (Wildman–Crippen LogP) is 5.10. The van der Waals surface area contributed by atoms with Crippen molar-refractivity contribution in [2.24, 2.45) is 5.92 Å². The van der Waals surface area contributed by atoms with E-state index in [9.17, 15) is 9.59 Å². The van der Waals surface area contributed by atoms with Crippen molar-refractivity contribution in [1.82, 2.24) is 5.32 Å². The topological polar surface area (TPSA) is 92.3 Å². The van der Waals surface area contributed by atoms with E-state index in [0.29, 0.717) is 13.0 Å². The normalized spacial score (nSPS) is 20.1. The highest BCUT2D eigenvalue weighted by atomic mass is 16.6. The summed E-state index contributed by atoms with van der Waals surface area (Å²) >= 11 is 0. The number of esters is 1. The Morgan fingerprint density at radius 2 is 1.68 bits per heavy atom. The minimum absolute atomic E-state index is 0.0411. The number of cyclic esters (lactones) is 1. The van der Waals surface area contributed by atoms with Gasteiger partial charge in [-0.15, -0.1) is 0 Å². The largest absolute Gasteiger partial charge is 0.497 e. The SMILES string of the molecule is COc1cccc(C)c1.COc1cccc(CC2COC[C@H](NC(=O)OC(C)(C)C)C(=O)OC(C)C2)c1. The maximum absolute atomic E-state index is 12.4. The third-order valence-electron chi connectivity index (χ3n) is 5.48. The molecule has 3 atom stereocenters. The van der Waals surface area contributed by atoms with Crippen LogP contribution in [-0.4, -0.2) is 57.2 Å². The third kappa shape index (κ3) is 11.6. The fourth-order valence-electron chi connectivity index (χ4n) is 3.85. The molecule has 2 aromatic rings. The monoisotopic (exact) mass is 515 g/mol. The van der Waals surface area contributed by atoms with Crippen molar-refractivity contribution >= 4 is 12.1 Å². The van der Waals surface area contributed by atoms with E-state index in [4.69, 9.17) is 23.7 Å². The molecule has 8 heteroatoms. The number of rotatable bonds is 5. The van der Waals surface area contributed by atoms with Crippen LogP contribution in [0.15, 0.2) is 48.5 Å². The first kappa shape index (κ1) is 30.0. The smallest absolute Gasteiger partial charge is 0.408 e. The van der Waals surface area contributed by atoms with Gasteiger partial charge in [-0.3, -0.25) is 0 Å². The molecule has 1 heterocycles. The summed E-state index contributed by atoms with van der Waals surface area (Å²) in [6.07, 6.45) is 0.497. The fourth-order valence-corrected chi connectivity index (χ4v) is 3.85. The van der Waals surface area contributed by atoms with Crippen LogP contribution in [0.25, 0.3) is 0 Å². The van der Waals surface area contributed by atoms with E-state index in [1.54, 1.807) is 35.0 Å². The predicted molar refractivity (Wildman–Crippen MR) is 142 cm³/mol. The van der Waals surface area contributed by atoms with Gasteiger partial charge in [0.1, 0.15) is 17.1 Å². The van der Waals surface area contributed by atoms with Crippen molar-refractivity contribution in [2.45, 2.75) is 65.2 Å². The number of methoxy groups -OCH3 is 2. The summed E-state index contributed by atoms with van der Waals surface area (Å²) in [4.78, 5) is 24.4. The van der Waals surface area contributed by atoms with Crippen molar-refractivity contribution in [2.75, 3.05) is 27.4 Å². The van der Waals surface area contributed by atoms with E-state index in [0.717, 1.165) is 23.5 Å². The third-order valence-corrected chi connectivity index (χ3v) is 5.48. The molecule has 37 heavy (non-hydrogen) atoms. The Morgan fingerprint density at radius 1 is 1.03 bits per heavy atom. The zero-order valence-electron chi connectivity index (χ0n) is 23.0. The summed E-state index contributed by atoms with van der Waals surface area (Å²) in [6, 6.07) is 15.0. The van der Waals surface area contributed by atoms with Gasteiger partial charge in [-0.05, 0) is 88.8 Å². The lowest BCUT2D eigenvalue weighted by Crippen LogP contribution is -2.47. The van der Waals surface area contributed by atoms with Crippen LogP contribution in [0.2, 0.25) is 0 Å². The molecular formula is C29H41NO7. The van der Waals surface area contributed by atoms with Gasteiger partial charge in [-0.25, -0.2) is 9.59 Å². The average Bonchev–Trinajstić information content (AvgIpc) is 2.88. The average molecular weight is 516 g/mol. The second-order valence-corrected chi connectivity index (χ2v) is 10.2. The van der Waals surface area contributed by atoms with Crippen LogP contribution in [0.5, 0.6) is 11.5 Å². The van der Waals surface area contributed by atoms with Crippen molar-refractivity contribution in [1.29, 1.82) is 0 Å². The lowest BCUT2D eigenvalue weighted by atomic mass is 9.94. The molecule has 204 valence electrons. The molecule has 3 rings (SSSR count). The summed E-state index contributed by atoms with van der Waals surface area (Å²) in [6.45, 7) is 9.68. The Hall–Kier alpha value is -3.26. The molecule has 0 aliphatic carbocycles. The number of hydrogen-bond donors (Lipinski definition) is 1. The van der Waals surface area contributed by atoms with Crippen LogP contribution in [0.3, 0.4) is 0 Å². The summed E-state index contributed by atoms with van der Waals surface area (Å²) in [5.74, 6) is 1.40. The molecular weight excluding hydrogens is 474 g/mol. The molecule has 0 spiro atoms. The van der Waals surface area contributed by atoms with Crippen LogP contribution in [0.4, 0.5) is 4.79 Å². The highest BCUT2D eigenvalue weighted by molar-refractivity contribution is 5.81. The second kappa shape index (κ2) is 14.5. The number of hydrogen-bond acceptors (Lipinski definition) is 7. The number of nitrogens with one attached hydrogen (secondary N) is 1. The molecule has 0 radical (unpaired) electrons. The number of carbonyl (C=O) groups excluding carboxylic acids is 2. The standard InChI is InChI=1S/C21H31NO6.C8H10O/c1-14-9-16(10-15-7-6-8-17(11-15)25-5)12-26-13-18(19(23)27-14)22-20(24)28-21(2,3)4;1-7-4-3-5-8(6-7)9-2/h6-8,11,14,16,18H,9-10,12-13H2,1-5H3,(H,22,24);3-6H,1-2H3/t14?,16?,18-;/m0./s1. The minimum Gasteiger partial charge on any atom is -0.497 e. The summed E-state index contributed by atoms with van der Waals surface area (Å²) in [5.41, 5.74) is 1.71. The second-order valence-electron chi connectivity index (χ2n) is 10.2. The van der Waals surface area contributed by atoms with Gasteiger partial charge >= 0.3 is 12.1 Å². The Morgan fingerprint density at radius 3 is 2.27 bits per heavy atom. The van der Waals surface area contributed by atoms with Gasteiger partial charge in [-0.2, -0.15) is 0 Å². The van der Waals surface area contributed by atoms with Gasteiger partial charge in [0.15, 0.2) is 6.04 Å². The maximum atomic E-state index is 12.4. The molecule has 1 saturated heterocycles. The zero-order chi connectivity index (χ0) is 27.4. The van der Waals surface area contributed by atoms with Crippen LogP contribution >= 0.6 is 0 Å². The zero-order valence-corrected chi connectivity index (χ0v) is 23.0. The molecule has 0 aromatic heterocycles. The number of aryl methyl sites for hydroxylation is 1. The molecule has 2 aromatic carbocycles. The molecule has 1 N–H and O–H groups in total. The molecule has 1 fully saturated rings. The van der Waals surface area contributed by atoms with Crippen LogP contribution in [-0.2, 0) is 25.4 Å². The number of ether oxygens (including phenoxy) is 5. The molecule has 0 saturated carbocycles. The quantitative estimate of drug-likeness (QED) is 0.554. The van der Waals surface area contributed by atoms with Crippen LogP contribution < -0.4 is 14.8 Å². The van der Waals surface area contributed by atoms with Crippen molar-refractivity contribution < 1.29 is 33.3 Å². The molecule has 1 aliphatic heterocycles. The molecule has 1 aliphatic rings. The number of benzene rings is 2. The van der Waals surface area contributed by atoms with E-state index in [1.807, 2.05) is 62.4 Å². The number of carbonyl (C=O) groups is 2. The molecule has 8 nitrogen and oxygen atoms in total. The lowest BCUT2D eigenvalue weighted by molar-refractivity contribution is -0.151. The van der Waals surface area contributed by atoms with Gasteiger partial charge in [-0.1, -0.05) is 24.3 Å². The van der Waals surface area contributed by atoms with E-state index < -0.39 is 23.7 Å². The maximum Gasteiger partial charge on any atom is 0.408 e. The number of alkyl carbamates (subject to hydrolysis) is 1. The Balaban J connectivity index is 0.000000449. The van der Waals surface area contributed by atoms with Gasteiger partial charge in [0.05, 0.1) is 26.9 Å². The first-order chi connectivity index (χ1) is 17.5. The highest BCUT2D eigenvalue weighted by Crippen LogP contribution is 2.21. The Kier molecular flexibility index (Phi) is 11.7. The van der Waals surface area contributed by atoms with E-state index >= 15 is 0 Å². The minimum atomic E-state index is -0.895. The van der Waals surface area contributed by atoms with E-state index in [1.165, 1.54) is 5.56 Å². The summed E-state index contributed by atoms with van der Waals surface area (Å²) in [7, 11) is 3.32. The van der Waals surface area contributed by atoms with Gasteiger partial charge in [0, 0.05) is 6.61 Å². The first-order valence-corrected chi connectivity index (χ1v) is 12.5. The lowest BCUT2D eigenvalue weighted by Gasteiger charge is -2.23. The van der Waals surface area contributed by atoms with Gasteiger partial charge in [0.2, 0.25) is 0 Å². The van der Waals surface area contributed by atoms with Crippen molar-refractivity contribution in [3.8, 4) is 11.5 Å². The first-order valence-electron chi connectivity index (χ1n) is 12.5. The van der Waals surface area contributed by atoms with E-state index in [2.05, 4.69) is 5.32 Å². The van der Waals surface area contributed by atoms with Crippen LogP contribution in [0.1, 0.15) is 45.2 Å². The van der Waals surface area contributed by atoms with Crippen molar-refractivity contribution in [3.63, 3.8) is 0 Å². The molecule has 1 amide bonds. The number of amides is 1. The Labute approximate surface area is 220 Å². The summed E-state index contributed by atoms with van der Waals surface area (Å²) < 4.78 is 26.8. The fraction of sp³-hybridized carbons (Fsp3) is 0.517. The van der Waals surface area contributed by atoms with Crippen LogP contribution in [0, 0.1) is 12.8 Å². The highest BCUT2D eigenvalue weighted by Gasteiger charge is 2.29. The van der Waals surface area contributed by atoms with E-state index in [-0.39, 0.29) is 18.6 Å².